The van der Waals surface area contributed by atoms with Gasteiger partial charge in [0.05, 0.1) is 18.1 Å². The summed E-state index contributed by atoms with van der Waals surface area (Å²) in [6.45, 7) is 6.47. The van der Waals surface area contributed by atoms with E-state index in [9.17, 15) is 14.9 Å². The van der Waals surface area contributed by atoms with Crippen molar-refractivity contribution in [3.8, 4) is 0 Å². The molecule has 0 amide bonds. The molecular weight excluding hydrogens is 336 g/mol. The Hall–Kier alpha value is -3.03. The van der Waals surface area contributed by atoms with Gasteiger partial charge >= 0.3 is 11.7 Å². The molecule has 3 heterocycles. The molecule has 0 spiro atoms. The summed E-state index contributed by atoms with van der Waals surface area (Å²) in [7, 11) is 1.20. The molecule has 8 heteroatoms. The number of esters is 1. The molecule has 0 saturated carbocycles. The fraction of sp³-hybridized carbons (Fsp3) is 0.389. The minimum atomic E-state index is -0.747. The van der Waals surface area contributed by atoms with Gasteiger partial charge in [-0.3, -0.25) is 15.1 Å². The van der Waals surface area contributed by atoms with E-state index >= 15 is 0 Å². The van der Waals surface area contributed by atoms with Gasteiger partial charge in [-0.2, -0.15) is 0 Å². The summed E-state index contributed by atoms with van der Waals surface area (Å²) >= 11 is 0. The van der Waals surface area contributed by atoms with Gasteiger partial charge in [0.25, 0.3) is 0 Å². The van der Waals surface area contributed by atoms with E-state index in [2.05, 4.69) is 23.8 Å². The lowest BCUT2D eigenvalue weighted by Crippen LogP contribution is -2.56. The maximum Gasteiger partial charge on any atom is 0.345 e. The lowest BCUT2D eigenvalue weighted by Gasteiger charge is -2.55. The first kappa shape index (κ1) is 17.8. The van der Waals surface area contributed by atoms with Crippen LogP contribution in [0.5, 0.6) is 0 Å². The summed E-state index contributed by atoms with van der Waals surface area (Å²) in [5.41, 5.74) is 0.999. The van der Waals surface area contributed by atoms with Crippen molar-refractivity contribution < 1.29 is 14.5 Å². The highest BCUT2D eigenvalue weighted by Gasteiger charge is 2.49. The molecule has 1 aliphatic heterocycles. The molecule has 136 valence electrons. The van der Waals surface area contributed by atoms with Crippen molar-refractivity contribution in [3.63, 3.8) is 0 Å². The van der Waals surface area contributed by atoms with Gasteiger partial charge in [0, 0.05) is 30.0 Å². The number of aryl methyl sites for hydroxylation is 1. The fourth-order valence-electron chi connectivity index (χ4n) is 3.60. The fourth-order valence-corrected chi connectivity index (χ4v) is 3.60. The van der Waals surface area contributed by atoms with Crippen molar-refractivity contribution in [1.82, 2.24) is 9.97 Å². The normalized spacial score (nSPS) is 18.2. The molecule has 2 aromatic heterocycles. The number of methoxy groups -OCH3 is 1. The lowest BCUT2D eigenvalue weighted by molar-refractivity contribution is -0.384. The van der Waals surface area contributed by atoms with Crippen molar-refractivity contribution in [2.45, 2.75) is 26.8 Å². The Morgan fingerprint density at radius 3 is 2.58 bits per heavy atom. The maximum atomic E-state index is 12.1. The zero-order chi connectivity index (χ0) is 19.1. The number of pyridine rings is 2. The van der Waals surface area contributed by atoms with Crippen molar-refractivity contribution in [2.24, 2.45) is 5.41 Å². The van der Waals surface area contributed by atoms with E-state index < -0.39 is 10.9 Å². The van der Waals surface area contributed by atoms with Crippen molar-refractivity contribution in [2.75, 3.05) is 18.6 Å². The van der Waals surface area contributed by atoms with Crippen LogP contribution in [0, 0.1) is 22.5 Å². The number of aromatic nitrogens is 2. The van der Waals surface area contributed by atoms with Gasteiger partial charge in [-0.25, -0.2) is 9.78 Å². The number of anilines is 1. The molecule has 3 rings (SSSR count). The van der Waals surface area contributed by atoms with Crippen LogP contribution < -0.4 is 4.90 Å². The highest BCUT2D eigenvalue weighted by molar-refractivity contribution is 5.96. The molecule has 1 aliphatic rings. The number of carbonyl (C=O) groups excluding carboxylic acids is 1. The second kappa shape index (κ2) is 6.36. The monoisotopic (exact) mass is 356 g/mol. The third-order valence-corrected chi connectivity index (χ3v) is 4.61. The van der Waals surface area contributed by atoms with Crippen LogP contribution in [-0.4, -0.2) is 34.5 Å². The zero-order valence-electron chi connectivity index (χ0n) is 15.1. The third kappa shape index (κ3) is 2.87. The highest BCUT2D eigenvalue weighted by Crippen LogP contribution is 2.52. The van der Waals surface area contributed by atoms with E-state index in [0.29, 0.717) is 12.2 Å². The molecule has 1 atom stereocenters. The Balaban J connectivity index is 2.16. The summed E-state index contributed by atoms with van der Waals surface area (Å²) in [6.07, 6.45) is 3.39. The molecule has 1 unspecified atom stereocenters. The molecule has 1 saturated heterocycles. The van der Waals surface area contributed by atoms with Gasteiger partial charge in [0.2, 0.25) is 5.82 Å². The van der Waals surface area contributed by atoms with E-state index in [1.54, 1.807) is 19.3 Å². The Labute approximate surface area is 151 Å². The van der Waals surface area contributed by atoms with Gasteiger partial charge in [-0.05, 0) is 30.7 Å². The van der Waals surface area contributed by atoms with Crippen molar-refractivity contribution >= 4 is 17.5 Å². The number of hydrogen-bond acceptors (Lipinski definition) is 7. The van der Waals surface area contributed by atoms with Gasteiger partial charge in [-0.15, -0.1) is 0 Å². The molecule has 0 bridgehead atoms. The van der Waals surface area contributed by atoms with Crippen molar-refractivity contribution in [3.05, 3.63) is 57.5 Å². The summed E-state index contributed by atoms with van der Waals surface area (Å²) in [5, 5.41) is 11.7. The van der Waals surface area contributed by atoms with Gasteiger partial charge in [0.15, 0.2) is 0 Å². The third-order valence-electron chi connectivity index (χ3n) is 4.61. The molecule has 26 heavy (non-hydrogen) atoms. The van der Waals surface area contributed by atoms with E-state index in [1.807, 2.05) is 17.0 Å². The summed E-state index contributed by atoms with van der Waals surface area (Å²) < 4.78 is 4.72. The number of nitrogens with zero attached hydrogens (tertiary/aromatic N) is 4. The standard InChI is InChI=1S/C18H20N4O4/c1-11-9-13(17(23)26-4)14(22(24)25)16(20-11)21-10-18(2,3)15(21)12-5-7-19-8-6-12/h5-9,15H,10H2,1-4H3. The molecule has 2 aromatic rings. The smallest absolute Gasteiger partial charge is 0.345 e. The van der Waals surface area contributed by atoms with Crippen molar-refractivity contribution in [1.29, 1.82) is 0 Å². The first-order chi connectivity index (χ1) is 12.3. The maximum absolute atomic E-state index is 12.1. The minimum absolute atomic E-state index is 0.0850. The number of rotatable bonds is 4. The first-order valence-corrected chi connectivity index (χ1v) is 8.17. The van der Waals surface area contributed by atoms with Crippen LogP contribution in [0.25, 0.3) is 0 Å². The molecule has 1 fully saturated rings. The molecule has 0 radical (unpaired) electrons. The largest absolute Gasteiger partial charge is 0.465 e. The van der Waals surface area contributed by atoms with E-state index in [4.69, 9.17) is 4.74 Å². The van der Waals surface area contributed by atoms with E-state index in [1.165, 1.54) is 13.2 Å². The predicted octanol–water partition coefficient (Wildman–Crippen LogP) is 3.07. The molecular formula is C18H20N4O4. The van der Waals surface area contributed by atoms with Crippen LogP contribution in [0.4, 0.5) is 11.5 Å². The SMILES string of the molecule is COC(=O)c1cc(C)nc(N2CC(C)(C)C2c2ccncc2)c1[N+](=O)[O-]. The van der Waals surface area contributed by atoms with Crippen LogP contribution in [0.3, 0.4) is 0 Å². The second-order valence-corrected chi connectivity index (χ2v) is 7.03. The molecule has 8 nitrogen and oxygen atoms in total. The number of nitro groups is 1. The highest BCUT2D eigenvalue weighted by atomic mass is 16.6. The topological polar surface area (TPSA) is 98.5 Å². The Kier molecular flexibility index (Phi) is 4.35. The average Bonchev–Trinajstić information content (AvgIpc) is 2.59. The Bertz CT molecular complexity index is 867. The van der Waals surface area contributed by atoms with Crippen LogP contribution >= 0.6 is 0 Å². The number of hydrogen-bond donors (Lipinski definition) is 0. The molecule has 0 N–H and O–H groups in total. The zero-order valence-corrected chi connectivity index (χ0v) is 15.1. The summed E-state index contributed by atoms with van der Waals surface area (Å²) in [5.74, 6) is -0.555. The van der Waals surface area contributed by atoms with Crippen LogP contribution in [-0.2, 0) is 4.74 Å². The number of ether oxygens (including phenoxy) is 1. The predicted molar refractivity (Wildman–Crippen MR) is 95.1 cm³/mol. The minimum Gasteiger partial charge on any atom is -0.465 e. The number of carbonyl (C=O) groups is 1. The van der Waals surface area contributed by atoms with E-state index in [-0.39, 0.29) is 28.5 Å². The Morgan fingerprint density at radius 2 is 2.04 bits per heavy atom. The van der Waals surface area contributed by atoms with Crippen LogP contribution in [0.1, 0.15) is 41.5 Å². The quantitative estimate of drug-likeness (QED) is 0.471. The van der Waals surface area contributed by atoms with E-state index in [0.717, 1.165) is 5.56 Å². The summed E-state index contributed by atoms with van der Waals surface area (Å²) in [4.78, 5) is 33.5. The summed E-state index contributed by atoms with van der Waals surface area (Å²) in [6, 6.07) is 5.06. The van der Waals surface area contributed by atoms with Gasteiger partial charge < -0.3 is 9.64 Å². The lowest BCUT2D eigenvalue weighted by atomic mass is 9.71. The van der Waals surface area contributed by atoms with Gasteiger partial charge in [-0.1, -0.05) is 13.8 Å². The Morgan fingerprint density at radius 1 is 1.38 bits per heavy atom. The van der Waals surface area contributed by atoms with Crippen LogP contribution in [0.2, 0.25) is 0 Å². The first-order valence-electron chi connectivity index (χ1n) is 8.17. The second-order valence-electron chi connectivity index (χ2n) is 7.03. The van der Waals surface area contributed by atoms with Gasteiger partial charge in [0.1, 0.15) is 5.56 Å². The van der Waals surface area contributed by atoms with Crippen LogP contribution in [0.15, 0.2) is 30.6 Å². The average molecular weight is 356 g/mol. The molecule has 0 aromatic carbocycles. The molecule has 0 aliphatic carbocycles.